The molecular formula is C18H29N3O3. The van der Waals surface area contributed by atoms with Gasteiger partial charge in [0.2, 0.25) is 0 Å². The van der Waals surface area contributed by atoms with Gasteiger partial charge in [0.25, 0.3) is 0 Å². The van der Waals surface area contributed by atoms with Gasteiger partial charge in [-0.2, -0.15) is 0 Å². The predicted molar refractivity (Wildman–Crippen MR) is 95.0 cm³/mol. The molecule has 2 rings (SSSR count). The Kier molecular flexibility index (Phi) is 6.73. The van der Waals surface area contributed by atoms with Crippen molar-refractivity contribution in [2.45, 2.75) is 18.8 Å². The number of likely N-dealkylation sites (tertiary alicyclic amines) is 1. The first-order valence-corrected chi connectivity index (χ1v) is 8.44. The van der Waals surface area contributed by atoms with Crippen LogP contribution in [0.4, 0.5) is 4.79 Å². The van der Waals surface area contributed by atoms with E-state index >= 15 is 0 Å². The standard InChI is InChI=1S/C18H29N3O3/c1-20(2)10-5-9-19-18(22)21-11-8-14(13-21)16-12-15(23-3)6-7-17(16)24-4/h6-7,12,14H,5,8-11,13H2,1-4H3,(H,19,22). The third-order valence-electron chi connectivity index (χ3n) is 4.41. The van der Waals surface area contributed by atoms with Gasteiger partial charge in [-0.05, 0) is 51.7 Å². The fourth-order valence-corrected chi connectivity index (χ4v) is 3.06. The van der Waals surface area contributed by atoms with Crippen LogP contribution in [0.1, 0.15) is 24.3 Å². The Morgan fingerprint density at radius 2 is 2.12 bits per heavy atom. The number of hydrogen-bond donors (Lipinski definition) is 1. The van der Waals surface area contributed by atoms with E-state index in [-0.39, 0.29) is 11.9 Å². The Labute approximate surface area is 144 Å². The second kappa shape index (κ2) is 8.78. The van der Waals surface area contributed by atoms with Crippen molar-refractivity contribution in [3.05, 3.63) is 23.8 Å². The van der Waals surface area contributed by atoms with Crippen LogP contribution < -0.4 is 14.8 Å². The lowest BCUT2D eigenvalue weighted by molar-refractivity contribution is 0.207. The first-order valence-electron chi connectivity index (χ1n) is 8.44. The van der Waals surface area contributed by atoms with Crippen LogP contribution in [0.2, 0.25) is 0 Å². The smallest absolute Gasteiger partial charge is 0.317 e. The Hall–Kier alpha value is -1.95. The molecule has 1 aliphatic rings. The fraction of sp³-hybridized carbons (Fsp3) is 0.611. The summed E-state index contributed by atoms with van der Waals surface area (Å²) in [7, 11) is 7.41. The first kappa shape index (κ1) is 18.4. The van der Waals surface area contributed by atoms with E-state index in [0.717, 1.165) is 43.0 Å². The van der Waals surface area contributed by atoms with Crippen LogP contribution in [0, 0.1) is 0 Å². The molecule has 6 heteroatoms. The zero-order valence-electron chi connectivity index (χ0n) is 15.2. The number of benzene rings is 1. The van der Waals surface area contributed by atoms with Gasteiger partial charge in [0, 0.05) is 31.1 Å². The topological polar surface area (TPSA) is 54.0 Å². The summed E-state index contributed by atoms with van der Waals surface area (Å²) in [6.07, 6.45) is 1.90. The molecule has 1 fully saturated rings. The summed E-state index contributed by atoms with van der Waals surface area (Å²) in [5.41, 5.74) is 1.11. The van der Waals surface area contributed by atoms with Crippen LogP contribution in [-0.4, -0.2) is 70.3 Å². The van der Waals surface area contributed by atoms with Crippen molar-refractivity contribution in [2.75, 3.05) is 54.5 Å². The van der Waals surface area contributed by atoms with Crippen molar-refractivity contribution in [1.82, 2.24) is 15.1 Å². The average Bonchev–Trinajstić information content (AvgIpc) is 3.07. The van der Waals surface area contributed by atoms with Crippen LogP contribution in [0.15, 0.2) is 18.2 Å². The molecule has 1 aromatic rings. The molecule has 1 atom stereocenters. The summed E-state index contributed by atoms with van der Waals surface area (Å²) < 4.78 is 10.8. The molecule has 0 aliphatic carbocycles. The Bertz CT molecular complexity index is 548. The summed E-state index contributed by atoms with van der Waals surface area (Å²) in [6.45, 7) is 3.16. The number of rotatable bonds is 7. The summed E-state index contributed by atoms with van der Waals surface area (Å²) in [4.78, 5) is 16.3. The molecule has 1 saturated heterocycles. The molecule has 24 heavy (non-hydrogen) atoms. The molecule has 1 N–H and O–H groups in total. The van der Waals surface area contributed by atoms with Crippen LogP contribution in [0.25, 0.3) is 0 Å². The number of hydrogen-bond acceptors (Lipinski definition) is 4. The monoisotopic (exact) mass is 335 g/mol. The molecule has 1 unspecified atom stereocenters. The van der Waals surface area contributed by atoms with Gasteiger partial charge in [-0.3, -0.25) is 0 Å². The van der Waals surface area contributed by atoms with Crippen molar-refractivity contribution in [2.24, 2.45) is 0 Å². The van der Waals surface area contributed by atoms with Gasteiger partial charge in [0.05, 0.1) is 14.2 Å². The molecule has 134 valence electrons. The zero-order chi connectivity index (χ0) is 17.5. The lowest BCUT2D eigenvalue weighted by Gasteiger charge is -2.19. The summed E-state index contributed by atoms with van der Waals surface area (Å²) in [5.74, 6) is 1.95. The minimum Gasteiger partial charge on any atom is -0.497 e. The maximum Gasteiger partial charge on any atom is 0.317 e. The first-order chi connectivity index (χ1) is 11.5. The van der Waals surface area contributed by atoms with E-state index in [2.05, 4.69) is 10.2 Å². The van der Waals surface area contributed by atoms with Crippen molar-refractivity contribution in [3.63, 3.8) is 0 Å². The highest BCUT2D eigenvalue weighted by Crippen LogP contribution is 2.35. The van der Waals surface area contributed by atoms with Crippen molar-refractivity contribution in [3.8, 4) is 11.5 Å². The van der Waals surface area contributed by atoms with Crippen LogP contribution in [0.5, 0.6) is 11.5 Å². The molecule has 1 heterocycles. The number of methoxy groups -OCH3 is 2. The predicted octanol–water partition coefficient (Wildman–Crippen LogP) is 2.15. The SMILES string of the molecule is COc1ccc(OC)c(C2CCN(C(=O)NCCCN(C)C)C2)c1. The van der Waals surface area contributed by atoms with Crippen LogP contribution in [0.3, 0.4) is 0 Å². The average molecular weight is 335 g/mol. The quantitative estimate of drug-likeness (QED) is 0.776. The molecule has 2 amide bonds. The van der Waals surface area contributed by atoms with Gasteiger partial charge in [-0.15, -0.1) is 0 Å². The maximum absolute atomic E-state index is 12.3. The molecule has 0 radical (unpaired) electrons. The van der Waals surface area contributed by atoms with Crippen molar-refractivity contribution < 1.29 is 14.3 Å². The third-order valence-corrected chi connectivity index (χ3v) is 4.41. The molecule has 6 nitrogen and oxygen atoms in total. The molecule has 0 saturated carbocycles. The second-order valence-electron chi connectivity index (χ2n) is 6.43. The summed E-state index contributed by atoms with van der Waals surface area (Å²) >= 11 is 0. The lowest BCUT2D eigenvalue weighted by atomic mass is 9.97. The van der Waals surface area contributed by atoms with E-state index in [0.29, 0.717) is 13.1 Å². The Balaban J connectivity index is 1.91. The lowest BCUT2D eigenvalue weighted by Crippen LogP contribution is -2.39. The molecule has 0 bridgehead atoms. The van der Waals surface area contributed by atoms with Crippen LogP contribution in [-0.2, 0) is 0 Å². The van der Waals surface area contributed by atoms with Crippen molar-refractivity contribution >= 4 is 6.03 Å². The number of amides is 2. The Morgan fingerprint density at radius 3 is 2.79 bits per heavy atom. The molecule has 0 aromatic heterocycles. The van der Waals surface area contributed by atoms with Gasteiger partial charge in [-0.25, -0.2) is 4.79 Å². The van der Waals surface area contributed by atoms with Gasteiger partial charge < -0.3 is 24.6 Å². The second-order valence-corrected chi connectivity index (χ2v) is 6.43. The van der Waals surface area contributed by atoms with E-state index in [1.54, 1.807) is 14.2 Å². The van der Waals surface area contributed by atoms with E-state index in [1.165, 1.54) is 0 Å². The number of nitrogens with one attached hydrogen (secondary N) is 1. The zero-order valence-corrected chi connectivity index (χ0v) is 15.2. The highest BCUT2D eigenvalue weighted by molar-refractivity contribution is 5.74. The summed E-state index contributed by atoms with van der Waals surface area (Å²) in [5, 5.41) is 3.01. The number of nitrogens with zero attached hydrogens (tertiary/aromatic N) is 2. The minimum absolute atomic E-state index is 0.0260. The van der Waals surface area contributed by atoms with Gasteiger partial charge in [-0.1, -0.05) is 0 Å². The number of carbonyl (C=O) groups is 1. The van der Waals surface area contributed by atoms with Crippen LogP contribution >= 0.6 is 0 Å². The van der Waals surface area contributed by atoms with Gasteiger partial charge in [0.15, 0.2) is 0 Å². The third kappa shape index (κ3) is 4.77. The molecule has 0 spiro atoms. The minimum atomic E-state index is 0.0260. The van der Waals surface area contributed by atoms with E-state index in [1.807, 2.05) is 37.2 Å². The number of urea groups is 1. The van der Waals surface area contributed by atoms with E-state index in [4.69, 9.17) is 9.47 Å². The van der Waals surface area contributed by atoms with Gasteiger partial charge in [0.1, 0.15) is 11.5 Å². The largest absolute Gasteiger partial charge is 0.497 e. The molecular weight excluding hydrogens is 306 g/mol. The highest BCUT2D eigenvalue weighted by Gasteiger charge is 2.29. The maximum atomic E-state index is 12.3. The number of carbonyl (C=O) groups excluding carboxylic acids is 1. The Morgan fingerprint density at radius 1 is 1.33 bits per heavy atom. The molecule has 1 aliphatic heterocycles. The fourth-order valence-electron chi connectivity index (χ4n) is 3.06. The van der Waals surface area contributed by atoms with E-state index < -0.39 is 0 Å². The van der Waals surface area contributed by atoms with Gasteiger partial charge >= 0.3 is 6.03 Å². The van der Waals surface area contributed by atoms with E-state index in [9.17, 15) is 4.79 Å². The normalized spacial score (nSPS) is 17.2. The highest BCUT2D eigenvalue weighted by atomic mass is 16.5. The van der Waals surface area contributed by atoms with Crippen molar-refractivity contribution in [1.29, 1.82) is 0 Å². The molecule has 1 aromatic carbocycles. The summed E-state index contributed by atoms with van der Waals surface area (Å²) in [6, 6.07) is 5.87. The number of ether oxygens (including phenoxy) is 2.